The van der Waals surface area contributed by atoms with Gasteiger partial charge in [0.05, 0.1) is 6.26 Å². The number of rotatable bonds is 17. The highest BCUT2D eigenvalue weighted by Crippen LogP contribution is 2.12. The van der Waals surface area contributed by atoms with Crippen molar-refractivity contribution in [1.82, 2.24) is 0 Å². The van der Waals surface area contributed by atoms with Crippen LogP contribution in [-0.2, 0) is 14.3 Å². The Balaban J connectivity index is 3.19. The van der Waals surface area contributed by atoms with Crippen LogP contribution in [0.15, 0.2) is 12.8 Å². The summed E-state index contributed by atoms with van der Waals surface area (Å²) in [6.07, 6.45) is 17.1. The Hall–Kier alpha value is -1.12. The van der Waals surface area contributed by atoms with Gasteiger partial charge < -0.3 is 4.74 Å². The van der Waals surface area contributed by atoms with E-state index in [2.05, 4.69) is 18.2 Å². The van der Waals surface area contributed by atoms with Crippen LogP contribution in [0.2, 0.25) is 0 Å². The number of ether oxygens (including phenoxy) is 1. The van der Waals surface area contributed by atoms with Gasteiger partial charge in [0, 0.05) is 19.3 Å². The minimum Gasteiger partial charge on any atom is -0.435 e. The van der Waals surface area contributed by atoms with E-state index >= 15 is 0 Å². The zero-order valence-electron chi connectivity index (χ0n) is 15.1. The fourth-order valence-corrected chi connectivity index (χ4v) is 2.68. The van der Waals surface area contributed by atoms with E-state index in [1.165, 1.54) is 57.6 Å². The van der Waals surface area contributed by atoms with Crippen LogP contribution in [-0.4, -0.2) is 11.8 Å². The quantitative estimate of drug-likeness (QED) is 0.184. The van der Waals surface area contributed by atoms with Gasteiger partial charge in [-0.05, 0) is 19.3 Å². The summed E-state index contributed by atoms with van der Waals surface area (Å²) in [5.41, 5.74) is 0. The Morgan fingerprint density at radius 3 is 1.65 bits per heavy atom. The first-order valence-corrected chi connectivity index (χ1v) is 9.52. The van der Waals surface area contributed by atoms with Crippen molar-refractivity contribution in [1.29, 1.82) is 0 Å². The monoisotopic (exact) mass is 324 g/mol. The Morgan fingerprint density at radius 1 is 0.739 bits per heavy atom. The maximum absolute atomic E-state index is 11.7. The highest BCUT2D eigenvalue weighted by atomic mass is 16.5. The molecular formula is C20H36O3. The molecule has 3 nitrogen and oxygen atoms in total. The second-order valence-corrected chi connectivity index (χ2v) is 6.33. The lowest BCUT2D eigenvalue weighted by atomic mass is 10.0. The molecule has 23 heavy (non-hydrogen) atoms. The fourth-order valence-electron chi connectivity index (χ4n) is 2.68. The summed E-state index contributed by atoms with van der Waals surface area (Å²) in [5, 5.41) is 0. The third kappa shape index (κ3) is 17.1. The predicted octanol–water partition coefficient (Wildman–Crippen LogP) is 6.11. The summed E-state index contributed by atoms with van der Waals surface area (Å²) in [6.45, 7) is 5.56. The lowest BCUT2D eigenvalue weighted by Crippen LogP contribution is -1.98. The number of hydrogen-bond donors (Lipinski definition) is 0. The molecule has 0 unspecified atom stereocenters. The molecule has 0 atom stereocenters. The second kappa shape index (κ2) is 17.2. The summed E-state index contributed by atoms with van der Waals surface area (Å²) in [7, 11) is 0. The van der Waals surface area contributed by atoms with E-state index < -0.39 is 0 Å². The Bertz CT molecular complexity index is 310. The van der Waals surface area contributed by atoms with Gasteiger partial charge in [0.2, 0.25) is 0 Å². The van der Waals surface area contributed by atoms with E-state index in [9.17, 15) is 9.59 Å². The molecule has 0 rings (SSSR count). The van der Waals surface area contributed by atoms with E-state index in [1.807, 2.05) is 0 Å². The third-order valence-electron chi connectivity index (χ3n) is 4.11. The number of unbranched alkanes of at least 4 members (excludes halogenated alkanes) is 10. The highest BCUT2D eigenvalue weighted by molar-refractivity contribution is 5.78. The van der Waals surface area contributed by atoms with Crippen LogP contribution in [0.5, 0.6) is 0 Å². The molecule has 0 spiro atoms. The molecule has 0 amide bonds. The molecule has 0 aromatic rings. The molecular weight excluding hydrogens is 288 g/mol. The Kier molecular flexibility index (Phi) is 16.4. The second-order valence-electron chi connectivity index (χ2n) is 6.33. The van der Waals surface area contributed by atoms with Crippen molar-refractivity contribution in [2.24, 2.45) is 0 Å². The zero-order valence-corrected chi connectivity index (χ0v) is 15.1. The van der Waals surface area contributed by atoms with Gasteiger partial charge in [-0.3, -0.25) is 9.59 Å². The number of carbonyl (C=O) groups excluding carboxylic acids is 2. The van der Waals surface area contributed by atoms with Gasteiger partial charge in [0.15, 0.2) is 0 Å². The van der Waals surface area contributed by atoms with E-state index in [4.69, 9.17) is 0 Å². The van der Waals surface area contributed by atoms with Crippen LogP contribution in [0.4, 0.5) is 0 Å². The molecule has 0 aliphatic carbocycles. The molecule has 0 bridgehead atoms. The smallest absolute Gasteiger partial charge is 0.310 e. The van der Waals surface area contributed by atoms with Crippen LogP contribution >= 0.6 is 0 Å². The average Bonchev–Trinajstić information content (AvgIpc) is 2.53. The highest BCUT2D eigenvalue weighted by Gasteiger charge is 2.02. The van der Waals surface area contributed by atoms with Gasteiger partial charge in [0.25, 0.3) is 0 Å². The molecule has 0 saturated carbocycles. The minimum atomic E-state index is -0.181. The maximum atomic E-state index is 11.7. The summed E-state index contributed by atoms with van der Waals surface area (Å²) < 4.78 is 4.67. The van der Waals surface area contributed by atoms with Crippen molar-refractivity contribution in [2.45, 2.75) is 103 Å². The van der Waals surface area contributed by atoms with Gasteiger partial charge in [-0.2, -0.15) is 0 Å². The van der Waals surface area contributed by atoms with Crippen molar-refractivity contribution in [2.75, 3.05) is 0 Å². The molecule has 0 aliphatic rings. The van der Waals surface area contributed by atoms with Gasteiger partial charge in [-0.1, -0.05) is 71.3 Å². The minimum absolute atomic E-state index is 0.181. The molecule has 0 radical (unpaired) electrons. The lowest BCUT2D eigenvalue weighted by molar-refractivity contribution is -0.138. The van der Waals surface area contributed by atoms with Gasteiger partial charge in [-0.25, -0.2) is 0 Å². The van der Waals surface area contributed by atoms with Crippen molar-refractivity contribution >= 4 is 11.8 Å². The number of carbonyl (C=O) groups is 2. The molecule has 0 aromatic carbocycles. The number of esters is 1. The SMILES string of the molecule is C=COC(=O)CCCCCCCCCCC(=O)CCCCCC. The summed E-state index contributed by atoms with van der Waals surface area (Å²) in [4.78, 5) is 22.8. The molecule has 3 heteroatoms. The van der Waals surface area contributed by atoms with Crippen molar-refractivity contribution in [3.63, 3.8) is 0 Å². The van der Waals surface area contributed by atoms with Gasteiger partial charge >= 0.3 is 5.97 Å². The summed E-state index contributed by atoms with van der Waals surface area (Å²) >= 11 is 0. The Labute approximate surface area is 142 Å². The number of Topliss-reactive ketones (excluding diaryl/α,β-unsaturated/α-hetero) is 1. The van der Waals surface area contributed by atoms with Crippen molar-refractivity contribution < 1.29 is 14.3 Å². The van der Waals surface area contributed by atoms with Crippen LogP contribution in [0.1, 0.15) is 103 Å². The lowest BCUT2D eigenvalue weighted by Gasteiger charge is -2.03. The first-order chi connectivity index (χ1) is 11.2. The van der Waals surface area contributed by atoms with Crippen LogP contribution < -0.4 is 0 Å². The number of ketones is 1. The van der Waals surface area contributed by atoms with E-state index in [-0.39, 0.29) is 5.97 Å². The van der Waals surface area contributed by atoms with Crippen LogP contribution in [0, 0.1) is 0 Å². The van der Waals surface area contributed by atoms with E-state index in [1.54, 1.807) is 0 Å². The maximum Gasteiger partial charge on any atom is 0.310 e. The molecule has 0 aliphatic heterocycles. The first kappa shape index (κ1) is 21.9. The van der Waals surface area contributed by atoms with Crippen molar-refractivity contribution in [3.05, 3.63) is 12.8 Å². The molecule has 0 fully saturated rings. The molecule has 0 N–H and O–H groups in total. The summed E-state index contributed by atoms with van der Waals surface area (Å²) in [6, 6.07) is 0. The molecule has 0 heterocycles. The standard InChI is InChI=1S/C20H36O3/c1-3-5-6-13-16-19(21)17-14-11-9-7-8-10-12-15-18-20(22)23-4-2/h4H,2-3,5-18H2,1H3. The molecule has 0 saturated heterocycles. The third-order valence-corrected chi connectivity index (χ3v) is 4.11. The van der Waals surface area contributed by atoms with Crippen LogP contribution in [0.3, 0.4) is 0 Å². The first-order valence-electron chi connectivity index (χ1n) is 9.52. The average molecular weight is 325 g/mol. The predicted molar refractivity (Wildman–Crippen MR) is 96.2 cm³/mol. The van der Waals surface area contributed by atoms with Crippen LogP contribution in [0.25, 0.3) is 0 Å². The number of hydrogen-bond acceptors (Lipinski definition) is 3. The molecule has 0 aromatic heterocycles. The zero-order chi connectivity index (χ0) is 17.2. The largest absolute Gasteiger partial charge is 0.435 e. The fraction of sp³-hybridized carbons (Fsp3) is 0.800. The van der Waals surface area contributed by atoms with E-state index in [0.29, 0.717) is 12.2 Å². The normalized spacial score (nSPS) is 10.5. The van der Waals surface area contributed by atoms with Crippen molar-refractivity contribution in [3.8, 4) is 0 Å². The molecule has 134 valence electrons. The van der Waals surface area contributed by atoms with E-state index in [0.717, 1.165) is 38.5 Å². The summed E-state index contributed by atoms with van der Waals surface area (Å²) in [5.74, 6) is 0.270. The van der Waals surface area contributed by atoms with Gasteiger partial charge in [0.1, 0.15) is 5.78 Å². The van der Waals surface area contributed by atoms with Gasteiger partial charge in [-0.15, -0.1) is 0 Å². The topological polar surface area (TPSA) is 43.4 Å². The Morgan fingerprint density at radius 2 is 1.17 bits per heavy atom.